The summed E-state index contributed by atoms with van der Waals surface area (Å²) in [4.78, 5) is 24.6. The first-order valence-corrected chi connectivity index (χ1v) is 7.98. The first-order chi connectivity index (χ1) is 10.1. The van der Waals surface area contributed by atoms with Gasteiger partial charge < -0.3 is 10.6 Å². The number of nitrogens with zero attached hydrogens (tertiary/aromatic N) is 1. The number of hydrogen-bond acceptors (Lipinski definition) is 5. The summed E-state index contributed by atoms with van der Waals surface area (Å²) in [6, 6.07) is 7.22. The fourth-order valence-electron chi connectivity index (χ4n) is 1.54. The fraction of sp³-hybridized carbons (Fsp3) is 0.214. The van der Waals surface area contributed by atoms with E-state index in [0.717, 1.165) is 0 Å². The van der Waals surface area contributed by atoms with Crippen molar-refractivity contribution in [2.45, 2.75) is 6.92 Å². The van der Waals surface area contributed by atoms with Crippen LogP contribution in [0.4, 0.5) is 5.00 Å². The average molecular weight is 319 g/mol. The van der Waals surface area contributed by atoms with Gasteiger partial charge in [-0.15, -0.1) is 22.7 Å². The highest BCUT2D eigenvalue weighted by Gasteiger charge is 2.16. The van der Waals surface area contributed by atoms with Crippen LogP contribution in [0.2, 0.25) is 0 Å². The minimum absolute atomic E-state index is 0.230. The van der Waals surface area contributed by atoms with Crippen LogP contribution in [0, 0.1) is 17.2 Å². The Kier molecular flexibility index (Phi) is 5.09. The maximum Gasteiger partial charge on any atom is 0.266 e. The Bertz CT molecular complexity index is 671. The Morgan fingerprint density at radius 3 is 2.76 bits per heavy atom. The number of anilines is 1. The zero-order valence-electron chi connectivity index (χ0n) is 11.3. The van der Waals surface area contributed by atoms with E-state index < -0.39 is 0 Å². The van der Waals surface area contributed by atoms with Crippen molar-refractivity contribution in [1.29, 1.82) is 5.26 Å². The number of amides is 2. The molecule has 2 N–H and O–H groups in total. The number of thiophene rings is 2. The van der Waals surface area contributed by atoms with Gasteiger partial charge in [-0.1, -0.05) is 6.07 Å². The molecule has 0 aliphatic carbocycles. The van der Waals surface area contributed by atoms with Crippen molar-refractivity contribution in [1.82, 2.24) is 5.32 Å². The van der Waals surface area contributed by atoms with Crippen molar-refractivity contribution >= 4 is 39.5 Å². The van der Waals surface area contributed by atoms with Gasteiger partial charge in [-0.3, -0.25) is 9.59 Å². The van der Waals surface area contributed by atoms with E-state index in [4.69, 9.17) is 5.26 Å². The number of carbonyl (C=O) groups excluding carboxylic acids is 2. The molecule has 0 unspecified atom stereocenters. The zero-order chi connectivity index (χ0) is 15.2. The molecular formula is C14H13N3O2S2. The normalized spacial score (nSPS) is 11.4. The standard InChI is InChI=1S/C14H13N3O2S2/c1-9(7-15)8-16-12(18)10-4-6-21-14(10)17-13(19)11-3-2-5-20-11/h2-6,9H,8H2,1H3,(H,16,18)(H,17,19)/t9-/m1/s1. The van der Waals surface area contributed by atoms with Crippen LogP contribution in [0.15, 0.2) is 29.0 Å². The van der Waals surface area contributed by atoms with E-state index in [-0.39, 0.29) is 24.3 Å². The maximum absolute atomic E-state index is 12.1. The second-order valence-corrected chi connectivity index (χ2v) is 6.20. The van der Waals surface area contributed by atoms with Crippen molar-refractivity contribution < 1.29 is 9.59 Å². The number of rotatable bonds is 5. The Morgan fingerprint density at radius 2 is 2.10 bits per heavy atom. The Hall–Kier alpha value is -2.17. The fourth-order valence-corrected chi connectivity index (χ4v) is 2.94. The molecule has 2 aromatic heterocycles. The van der Waals surface area contributed by atoms with Gasteiger partial charge in [-0.05, 0) is 29.8 Å². The van der Waals surface area contributed by atoms with Gasteiger partial charge in [0.1, 0.15) is 5.00 Å². The van der Waals surface area contributed by atoms with E-state index in [0.29, 0.717) is 15.4 Å². The Labute approximate surface area is 130 Å². The molecule has 2 aromatic rings. The number of nitriles is 1. The van der Waals surface area contributed by atoms with E-state index in [1.807, 2.05) is 5.38 Å². The summed E-state index contributed by atoms with van der Waals surface area (Å²) in [5.41, 5.74) is 0.412. The van der Waals surface area contributed by atoms with Gasteiger partial charge in [0.05, 0.1) is 22.4 Å². The third-order valence-corrected chi connectivity index (χ3v) is 4.37. The van der Waals surface area contributed by atoms with Gasteiger partial charge in [-0.2, -0.15) is 5.26 Å². The van der Waals surface area contributed by atoms with Crippen LogP contribution in [0.1, 0.15) is 27.0 Å². The zero-order valence-corrected chi connectivity index (χ0v) is 12.9. The highest BCUT2D eigenvalue weighted by molar-refractivity contribution is 7.15. The Balaban J connectivity index is 2.03. The molecule has 0 fully saturated rings. The van der Waals surface area contributed by atoms with E-state index >= 15 is 0 Å². The molecule has 0 saturated heterocycles. The van der Waals surface area contributed by atoms with E-state index in [1.165, 1.54) is 22.7 Å². The van der Waals surface area contributed by atoms with Crippen LogP contribution in [-0.2, 0) is 0 Å². The van der Waals surface area contributed by atoms with Crippen molar-refractivity contribution in [3.05, 3.63) is 39.4 Å². The summed E-state index contributed by atoms with van der Waals surface area (Å²) in [5, 5.41) is 18.2. The van der Waals surface area contributed by atoms with Crippen LogP contribution >= 0.6 is 22.7 Å². The van der Waals surface area contributed by atoms with Crippen LogP contribution in [0.25, 0.3) is 0 Å². The highest BCUT2D eigenvalue weighted by Crippen LogP contribution is 2.24. The minimum Gasteiger partial charge on any atom is -0.351 e. The predicted molar refractivity (Wildman–Crippen MR) is 83.7 cm³/mol. The Morgan fingerprint density at radius 1 is 1.29 bits per heavy atom. The average Bonchev–Trinajstić information content (AvgIpc) is 3.15. The van der Waals surface area contributed by atoms with Gasteiger partial charge >= 0.3 is 0 Å². The molecule has 0 radical (unpaired) electrons. The van der Waals surface area contributed by atoms with E-state index in [9.17, 15) is 9.59 Å². The van der Waals surface area contributed by atoms with Crippen LogP contribution in [0.3, 0.4) is 0 Å². The number of carbonyl (C=O) groups is 2. The van der Waals surface area contributed by atoms with Gasteiger partial charge in [-0.25, -0.2) is 0 Å². The molecule has 7 heteroatoms. The third-order valence-electron chi connectivity index (χ3n) is 2.67. The van der Waals surface area contributed by atoms with E-state index in [2.05, 4.69) is 16.7 Å². The molecule has 0 bridgehead atoms. The molecule has 1 atom stereocenters. The van der Waals surface area contributed by atoms with Crippen molar-refractivity contribution in [3.63, 3.8) is 0 Å². The lowest BCUT2D eigenvalue weighted by Gasteiger charge is -2.07. The lowest BCUT2D eigenvalue weighted by molar-refractivity contribution is 0.0952. The molecule has 0 aromatic carbocycles. The smallest absolute Gasteiger partial charge is 0.266 e. The molecule has 5 nitrogen and oxygen atoms in total. The molecule has 0 aliphatic heterocycles. The molecule has 2 rings (SSSR count). The van der Waals surface area contributed by atoms with Gasteiger partial charge in [0.2, 0.25) is 0 Å². The molecule has 108 valence electrons. The van der Waals surface area contributed by atoms with Crippen LogP contribution in [0.5, 0.6) is 0 Å². The van der Waals surface area contributed by atoms with Gasteiger partial charge in [0.15, 0.2) is 0 Å². The van der Waals surface area contributed by atoms with Crippen molar-refractivity contribution in [2.75, 3.05) is 11.9 Å². The lowest BCUT2D eigenvalue weighted by Crippen LogP contribution is -2.28. The first kappa shape index (κ1) is 15.2. The SMILES string of the molecule is C[C@H](C#N)CNC(=O)c1ccsc1NC(=O)c1cccs1. The monoisotopic (exact) mass is 319 g/mol. The molecule has 0 aliphatic rings. The second-order valence-electron chi connectivity index (χ2n) is 4.33. The highest BCUT2D eigenvalue weighted by atomic mass is 32.1. The minimum atomic E-state index is -0.292. The molecular weight excluding hydrogens is 306 g/mol. The topological polar surface area (TPSA) is 82.0 Å². The third kappa shape index (κ3) is 3.90. The summed E-state index contributed by atoms with van der Waals surface area (Å²) in [7, 11) is 0. The summed E-state index contributed by atoms with van der Waals surface area (Å²) in [5.74, 6) is -0.775. The number of hydrogen-bond donors (Lipinski definition) is 2. The van der Waals surface area contributed by atoms with Crippen LogP contribution < -0.4 is 10.6 Å². The lowest BCUT2D eigenvalue weighted by atomic mass is 10.2. The molecule has 21 heavy (non-hydrogen) atoms. The second kappa shape index (κ2) is 7.02. The first-order valence-electron chi connectivity index (χ1n) is 6.22. The van der Waals surface area contributed by atoms with Crippen LogP contribution in [-0.4, -0.2) is 18.4 Å². The van der Waals surface area contributed by atoms with E-state index in [1.54, 1.807) is 30.5 Å². The molecule has 0 spiro atoms. The van der Waals surface area contributed by atoms with Crippen molar-refractivity contribution in [3.8, 4) is 6.07 Å². The quantitative estimate of drug-likeness (QED) is 0.889. The summed E-state index contributed by atoms with van der Waals surface area (Å²) >= 11 is 2.63. The number of nitrogens with one attached hydrogen (secondary N) is 2. The van der Waals surface area contributed by atoms with Gasteiger partial charge in [0, 0.05) is 6.54 Å². The molecule has 2 amide bonds. The summed E-state index contributed by atoms with van der Waals surface area (Å²) in [6.07, 6.45) is 0. The summed E-state index contributed by atoms with van der Waals surface area (Å²) < 4.78 is 0. The summed E-state index contributed by atoms with van der Waals surface area (Å²) in [6.45, 7) is 2.01. The predicted octanol–water partition coefficient (Wildman–Crippen LogP) is 2.95. The van der Waals surface area contributed by atoms with Crippen molar-refractivity contribution in [2.24, 2.45) is 5.92 Å². The maximum atomic E-state index is 12.1. The molecule has 2 heterocycles. The van der Waals surface area contributed by atoms with Gasteiger partial charge in [0.25, 0.3) is 11.8 Å². The largest absolute Gasteiger partial charge is 0.351 e. The molecule has 0 saturated carbocycles.